The van der Waals surface area contributed by atoms with Crippen LogP contribution in [-0.4, -0.2) is 25.0 Å². The fraction of sp³-hybridized carbons (Fsp3) is 0.385. The van der Waals surface area contributed by atoms with Crippen molar-refractivity contribution in [2.45, 2.75) is 19.8 Å². The molecule has 5 heteroatoms. The van der Waals surface area contributed by atoms with Gasteiger partial charge in [-0.05, 0) is 25.0 Å². The van der Waals surface area contributed by atoms with Gasteiger partial charge in [0.05, 0.1) is 13.2 Å². The van der Waals surface area contributed by atoms with Gasteiger partial charge in [-0.25, -0.2) is 0 Å². The Morgan fingerprint density at radius 3 is 2.72 bits per heavy atom. The van der Waals surface area contributed by atoms with Crippen LogP contribution in [0, 0.1) is 0 Å². The Hall–Kier alpha value is -2.04. The van der Waals surface area contributed by atoms with E-state index in [1.54, 1.807) is 0 Å². The van der Waals surface area contributed by atoms with Crippen molar-refractivity contribution < 1.29 is 14.3 Å². The Bertz CT molecular complexity index is 418. The van der Waals surface area contributed by atoms with Gasteiger partial charge in [0, 0.05) is 6.42 Å². The normalized spacial score (nSPS) is 9.83. The third-order valence-electron chi connectivity index (χ3n) is 2.35. The van der Waals surface area contributed by atoms with Crippen LogP contribution in [0.4, 0.5) is 0 Å². The maximum Gasteiger partial charge on any atom is 0.236 e. The number of carbonyl (C=O) groups is 2. The number of amides is 2. The number of primary amides is 1. The number of aryl methyl sites for hydroxylation is 1. The van der Waals surface area contributed by atoms with E-state index in [9.17, 15) is 9.59 Å². The molecule has 18 heavy (non-hydrogen) atoms. The lowest BCUT2D eigenvalue weighted by Gasteiger charge is -2.09. The summed E-state index contributed by atoms with van der Waals surface area (Å²) in [6.45, 7) is 2.38. The molecule has 0 unspecified atom stereocenters. The zero-order valence-corrected chi connectivity index (χ0v) is 10.4. The lowest BCUT2D eigenvalue weighted by Crippen LogP contribution is -2.33. The second-order valence-corrected chi connectivity index (χ2v) is 3.78. The summed E-state index contributed by atoms with van der Waals surface area (Å²) in [6.07, 6.45) is 0.873. The van der Waals surface area contributed by atoms with E-state index in [0.717, 1.165) is 11.3 Å². The van der Waals surface area contributed by atoms with Crippen LogP contribution in [0.15, 0.2) is 24.3 Å². The number of nitrogens with one attached hydrogen (secondary N) is 1. The van der Waals surface area contributed by atoms with Crippen LogP contribution < -0.4 is 15.8 Å². The Kier molecular flexibility index (Phi) is 5.70. The van der Waals surface area contributed by atoms with Crippen LogP contribution in [0.5, 0.6) is 5.75 Å². The first-order chi connectivity index (χ1) is 8.63. The van der Waals surface area contributed by atoms with Crippen LogP contribution in [0.2, 0.25) is 0 Å². The Morgan fingerprint density at radius 1 is 1.33 bits per heavy atom. The van der Waals surface area contributed by atoms with Gasteiger partial charge in [0.1, 0.15) is 5.75 Å². The van der Waals surface area contributed by atoms with E-state index in [-0.39, 0.29) is 12.5 Å². The van der Waals surface area contributed by atoms with Gasteiger partial charge in [0.25, 0.3) is 0 Å². The third kappa shape index (κ3) is 4.86. The Morgan fingerprint density at radius 2 is 2.06 bits per heavy atom. The van der Waals surface area contributed by atoms with Crippen LogP contribution >= 0.6 is 0 Å². The smallest absolute Gasteiger partial charge is 0.236 e. The molecule has 0 saturated carbocycles. The largest absolute Gasteiger partial charge is 0.494 e. The summed E-state index contributed by atoms with van der Waals surface area (Å²) in [5.74, 6) is 0.0564. The highest BCUT2D eigenvalue weighted by Crippen LogP contribution is 2.19. The van der Waals surface area contributed by atoms with Gasteiger partial charge in [-0.3, -0.25) is 9.59 Å². The molecule has 0 radical (unpaired) electrons. The summed E-state index contributed by atoms with van der Waals surface area (Å²) in [4.78, 5) is 21.9. The van der Waals surface area contributed by atoms with Gasteiger partial charge in [-0.15, -0.1) is 0 Å². The zero-order chi connectivity index (χ0) is 13.4. The third-order valence-corrected chi connectivity index (χ3v) is 2.35. The van der Waals surface area contributed by atoms with Crippen molar-refractivity contribution in [2.75, 3.05) is 13.2 Å². The molecule has 0 aliphatic carbocycles. The SMILES string of the molecule is CCOc1ccccc1CCC(=O)NCC(N)=O. The molecule has 98 valence electrons. The second-order valence-electron chi connectivity index (χ2n) is 3.78. The highest BCUT2D eigenvalue weighted by atomic mass is 16.5. The van der Waals surface area contributed by atoms with Crippen LogP contribution in [0.1, 0.15) is 18.9 Å². The van der Waals surface area contributed by atoms with Gasteiger partial charge in [-0.2, -0.15) is 0 Å². The van der Waals surface area contributed by atoms with E-state index in [0.29, 0.717) is 19.4 Å². The van der Waals surface area contributed by atoms with E-state index in [4.69, 9.17) is 10.5 Å². The summed E-state index contributed by atoms with van der Waals surface area (Å²) in [7, 11) is 0. The lowest BCUT2D eigenvalue weighted by atomic mass is 10.1. The first-order valence-corrected chi connectivity index (χ1v) is 5.89. The van der Waals surface area contributed by atoms with Crippen molar-refractivity contribution in [1.82, 2.24) is 5.32 Å². The monoisotopic (exact) mass is 250 g/mol. The standard InChI is InChI=1S/C13H18N2O3/c1-2-18-11-6-4-3-5-10(11)7-8-13(17)15-9-12(14)16/h3-6H,2,7-9H2,1H3,(H2,14,16)(H,15,17). The molecule has 1 rings (SSSR count). The number of nitrogens with two attached hydrogens (primary N) is 1. The summed E-state index contributed by atoms with van der Waals surface area (Å²) < 4.78 is 5.46. The molecule has 0 fully saturated rings. The van der Waals surface area contributed by atoms with Crippen molar-refractivity contribution in [1.29, 1.82) is 0 Å². The molecule has 1 aromatic rings. The predicted molar refractivity (Wildman–Crippen MR) is 68.1 cm³/mol. The minimum Gasteiger partial charge on any atom is -0.494 e. The van der Waals surface area contributed by atoms with Crippen molar-refractivity contribution >= 4 is 11.8 Å². The minimum absolute atomic E-state index is 0.119. The molecule has 0 heterocycles. The molecule has 0 aliphatic heterocycles. The van der Waals surface area contributed by atoms with Crippen molar-refractivity contribution in [3.05, 3.63) is 29.8 Å². The van der Waals surface area contributed by atoms with Gasteiger partial charge >= 0.3 is 0 Å². The fourth-order valence-electron chi connectivity index (χ4n) is 1.53. The van der Waals surface area contributed by atoms with E-state index in [1.807, 2.05) is 31.2 Å². The van der Waals surface area contributed by atoms with Gasteiger partial charge < -0.3 is 15.8 Å². The molecule has 0 bridgehead atoms. The number of ether oxygens (including phenoxy) is 1. The molecule has 0 spiro atoms. The van der Waals surface area contributed by atoms with Gasteiger partial charge in [0.15, 0.2) is 0 Å². The van der Waals surface area contributed by atoms with Crippen molar-refractivity contribution in [3.63, 3.8) is 0 Å². The van der Waals surface area contributed by atoms with Crippen LogP contribution in [0.3, 0.4) is 0 Å². The summed E-state index contributed by atoms with van der Waals surface area (Å²) in [5, 5.41) is 2.45. The van der Waals surface area contributed by atoms with Gasteiger partial charge in [0.2, 0.25) is 11.8 Å². The van der Waals surface area contributed by atoms with E-state index in [1.165, 1.54) is 0 Å². The topological polar surface area (TPSA) is 81.4 Å². The van der Waals surface area contributed by atoms with Gasteiger partial charge in [-0.1, -0.05) is 18.2 Å². The van der Waals surface area contributed by atoms with E-state index < -0.39 is 5.91 Å². The molecule has 0 aliphatic rings. The molecule has 0 aromatic heterocycles. The average Bonchev–Trinajstić information content (AvgIpc) is 2.35. The summed E-state index contributed by atoms with van der Waals surface area (Å²) in [6, 6.07) is 7.59. The first-order valence-electron chi connectivity index (χ1n) is 5.89. The number of rotatable bonds is 7. The summed E-state index contributed by atoms with van der Waals surface area (Å²) in [5.41, 5.74) is 5.92. The first kappa shape index (κ1) is 14.0. The predicted octanol–water partition coefficient (Wildman–Crippen LogP) is 0.619. The minimum atomic E-state index is -0.543. The zero-order valence-electron chi connectivity index (χ0n) is 10.4. The molecular weight excluding hydrogens is 232 g/mol. The molecular formula is C13H18N2O3. The fourth-order valence-corrected chi connectivity index (χ4v) is 1.53. The lowest BCUT2D eigenvalue weighted by molar-refractivity contribution is -0.124. The number of benzene rings is 1. The highest BCUT2D eigenvalue weighted by Gasteiger charge is 2.06. The molecule has 2 amide bonds. The second kappa shape index (κ2) is 7.32. The van der Waals surface area contributed by atoms with Crippen LogP contribution in [0.25, 0.3) is 0 Å². The van der Waals surface area contributed by atoms with E-state index in [2.05, 4.69) is 5.32 Å². The quantitative estimate of drug-likeness (QED) is 0.744. The van der Waals surface area contributed by atoms with Crippen LogP contribution in [-0.2, 0) is 16.0 Å². The summed E-state index contributed by atoms with van der Waals surface area (Å²) >= 11 is 0. The highest BCUT2D eigenvalue weighted by molar-refractivity contribution is 5.83. The number of para-hydroxylation sites is 1. The molecule has 0 saturated heterocycles. The Balaban J connectivity index is 2.47. The number of carbonyl (C=O) groups excluding carboxylic acids is 2. The molecule has 5 nitrogen and oxygen atoms in total. The molecule has 1 aromatic carbocycles. The maximum atomic E-state index is 11.4. The van der Waals surface area contributed by atoms with Crippen molar-refractivity contribution in [2.24, 2.45) is 5.73 Å². The molecule has 0 atom stereocenters. The average molecular weight is 250 g/mol. The number of hydrogen-bond acceptors (Lipinski definition) is 3. The van der Waals surface area contributed by atoms with E-state index >= 15 is 0 Å². The maximum absolute atomic E-state index is 11.4. The number of hydrogen-bond donors (Lipinski definition) is 2. The van der Waals surface area contributed by atoms with Crippen molar-refractivity contribution in [3.8, 4) is 5.75 Å². The Labute approximate surface area is 106 Å². The molecule has 3 N–H and O–H groups in total.